The molecule has 0 spiro atoms. The summed E-state index contributed by atoms with van der Waals surface area (Å²) in [7, 11) is 3.87. The molecule has 3 rings (SSSR count). The zero-order valence-corrected chi connectivity index (χ0v) is 17.6. The van der Waals surface area contributed by atoms with Gasteiger partial charge in [-0.25, -0.2) is 4.98 Å². The van der Waals surface area contributed by atoms with Gasteiger partial charge in [0.2, 0.25) is 0 Å². The second-order valence-electron chi connectivity index (χ2n) is 7.82. The third-order valence-corrected chi connectivity index (χ3v) is 5.62. The average molecular weight is 399 g/mol. The summed E-state index contributed by atoms with van der Waals surface area (Å²) >= 11 is 0. The molecule has 2 aromatic heterocycles. The fourth-order valence-corrected chi connectivity index (χ4v) is 3.60. The number of pyridine rings is 1. The molecular weight excluding hydrogens is 368 g/mol. The minimum Gasteiger partial charge on any atom is -0.376 e. The van der Waals surface area contributed by atoms with Gasteiger partial charge in [0, 0.05) is 38.9 Å². The first-order valence-corrected chi connectivity index (χ1v) is 10.2. The molecule has 8 heteroatoms. The molecule has 2 amide bonds. The SMILES string of the molecule is CCc1cc(C(=O)N2CCC(C(C)NC(=O)c3ccc(N(C)C)cn3)CC2)n[nH]1. The summed E-state index contributed by atoms with van der Waals surface area (Å²) in [5.41, 5.74) is 2.82. The monoisotopic (exact) mass is 398 g/mol. The maximum atomic E-state index is 12.6. The molecule has 1 aliphatic heterocycles. The Labute approximate surface area is 171 Å². The van der Waals surface area contributed by atoms with Crippen LogP contribution in [0.15, 0.2) is 24.4 Å². The molecule has 1 fully saturated rings. The van der Waals surface area contributed by atoms with E-state index >= 15 is 0 Å². The molecule has 0 saturated carbocycles. The molecule has 156 valence electrons. The number of rotatable bonds is 6. The van der Waals surface area contributed by atoms with Crippen LogP contribution in [0.1, 0.15) is 53.4 Å². The standard InChI is InChI=1S/C21H30N6O2/c1-5-16-12-19(25-24-16)21(29)27-10-8-15(9-11-27)14(2)23-20(28)18-7-6-17(13-22-18)26(3)4/h6-7,12-15H,5,8-11H2,1-4H3,(H,23,28)(H,24,25). The first-order valence-electron chi connectivity index (χ1n) is 10.2. The lowest BCUT2D eigenvalue weighted by atomic mass is 9.90. The minimum absolute atomic E-state index is 0.0205. The summed E-state index contributed by atoms with van der Waals surface area (Å²) in [5, 5.41) is 10.1. The van der Waals surface area contributed by atoms with E-state index in [2.05, 4.69) is 20.5 Å². The number of nitrogens with zero attached hydrogens (tertiary/aromatic N) is 4. The summed E-state index contributed by atoms with van der Waals surface area (Å²) < 4.78 is 0. The van der Waals surface area contributed by atoms with E-state index in [-0.39, 0.29) is 17.9 Å². The van der Waals surface area contributed by atoms with E-state index in [0.29, 0.717) is 30.4 Å². The zero-order chi connectivity index (χ0) is 21.0. The van der Waals surface area contributed by atoms with Crippen LogP contribution in [0.3, 0.4) is 0 Å². The number of carbonyl (C=O) groups is 2. The van der Waals surface area contributed by atoms with Crippen molar-refractivity contribution in [1.82, 2.24) is 25.4 Å². The van der Waals surface area contributed by atoms with Crippen molar-refractivity contribution in [3.63, 3.8) is 0 Å². The molecule has 29 heavy (non-hydrogen) atoms. The summed E-state index contributed by atoms with van der Waals surface area (Å²) in [6.07, 6.45) is 4.23. The van der Waals surface area contributed by atoms with Crippen molar-refractivity contribution in [2.24, 2.45) is 5.92 Å². The number of H-pyrrole nitrogens is 1. The quantitative estimate of drug-likeness (QED) is 0.777. The summed E-state index contributed by atoms with van der Waals surface area (Å²) in [6, 6.07) is 5.47. The van der Waals surface area contributed by atoms with E-state index < -0.39 is 0 Å². The van der Waals surface area contributed by atoms with Crippen molar-refractivity contribution >= 4 is 17.5 Å². The Bertz CT molecular complexity index is 837. The number of likely N-dealkylation sites (tertiary alicyclic amines) is 1. The van der Waals surface area contributed by atoms with Gasteiger partial charge in [0.15, 0.2) is 0 Å². The van der Waals surface area contributed by atoms with Gasteiger partial charge < -0.3 is 15.1 Å². The van der Waals surface area contributed by atoms with E-state index in [1.165, 1.54) is 0 Å². The van der Waals surface area contributed by atoms with Crippen molar-refractivity contribution in [3.8, 4) is 0 Å². The molecule has 1 aliphatic rings. The van der Waals surface area contributed by atoms with Crippen LogP contribution in [-0.4, -0.2) is 65.1 Å². The second kappa shape index (κ2) is 9.07. The molecule has 1 saturated heterocycles. The first-order chi connectivity index (χ1) is 13.9. The topological polar surface area (TPSA) is 94.2 Å². The highest BCUT2D eigenvalue weighted by Gasteiger charge is 2.28. The molecule has 0 bridgehead atoms. The third kappa shape index (κ3) is 4.93. The van der Waals surface area contributed by atoms with Crippen LogP contribution in [0.25, 0.3) is 0 Å². The van der Waals surface area contributed by atoms with Crippen LogP contribution in [0.2, 0.25) is 0 Å². The van der Waals surface area contributed by atoms with Gasteiger partial charge in [-0.3, -0.25) is 14.7 Å². The van der Waals surface area contributed by atoms with Crippen LogP contribution >= 0.6 is 0 Å². The highest BCUT2D eigenvalue weighted by Crippen LogP contribution is 2.22. The van der Waals surface area contributed by atoms with Gasteiger partial charge in [-0.1, -0.05) is 6.92 Å². The highest BCUT2D eigenvalue weighted by molar-refractivity contribution is 5.93. The Morgan fingerprint density at radius 3 is 2.55 bits per heavy atom. The molecule has 8 nitrogen and oxygen atoms in total. The lowest BCUT2D eigenvalue weighted by Gasteiger charge is -2.34. The van der Waals surface area contributed by atoms with E-state index in [1.54, 1.807) is 12.3 Å². The fraction of sp³-hybridized carbons (Fsp3) is 0.524. The number of nitrogens with one attached hydrogen (secondary N) is 2. The number of aromatic amines is 1. The molecule has 1 unspecified atom stereocenters. The van der Waals surface area contributed by atoms with Crippen LogP contribution in [0.4, 0.5) is 5.69 Å². The number of aromatic nitrogens is 3. The van der Waals surface area contributed by atoms with Crippen molar-refractivity contribution in [2.45, 2.75) is 39.2 Å². The summed E-state index contributed by atoms with van der Waals surface area (Å²) in [4.78, 5) is 33.2. The number of aryl methyl sites for hydroxylation is 1. The smallest absolute Gasteiger partial charge is 0.274 e. The van der Waals surface area contributed by atoms with Crippen molar-refractivity contribution < 1.29 is 9.59 Å². The van der Waals surface area contributed by atoms with Gasteiger partial charge in [-0.15, -0.1) is 0 Å². The Balaban J connectivity index is 1.51. The Morgan fingerprint density at radius 2 is 2.00 bits per heavy atom. The Hall–Kier alpha value is -2.90. The first kappa shape index (κ1) is 20.8. The molecular formula is C21H30N6O2. The van der Waals surface area contributed by atoms with Crippen LogP contribution in [0, 0.1) is 5.92 Å². The lowest BCUT2D eigenvalue weighted by Crippen LogP contribution is -2.45. The molecule has 0 radical (unpaired) electrons. The molecule has 1 atom stereocenters. The predicted molar refractivity (Wildman–Crippen MR) is 112 cm³/mol. The average Bonchev–Trinajstić information content (AvgIpc) is 3.22. The lowest BCUT2D eigenvalue weighted by molar-refractivity contribution is 0.0657. The van der Waals surface area contributed by atoms with Crippen LogP contribution < -0.4 is 10.2 Å². The maximum Gasteiger partial charge on any atom is 0.274 e. The molecule has 0 aliphatic carbocycles. The molecule has 2 aromatic rings. The number of anilines is 1. The van der Waals surface area contributed by atoms with Gasteiger partial charge in [0.1, 0.15) is 11.4 Å². The van der Waals surface area contributed by atoms with Gasteiger partial charge in [0.25, 0.3) is 11.8 Å². The molecule has 2 N–H and O–H groups in total. The number of amides is 2. The van der Waals surface area contributed by atoms with E-state index in [9.17, 15) is 9.59 Å². The van der Waals surface area contributed by atoms with Gasteiger partial charge in [-0.05, 0) is 50.3 Å². The predicted octanol–water partition coefficient (Wildman–Crippen LogP) is 2.10. The summed E-state index contributed by atoms with van der Waals surface area (Å²) in [5.74, 6) is 0.139. The van der Waals surface area contributed by atoms with Gasteiger partial charge >= 0.3 is 0 Å². The maximum absolute atomic E-state index is 12.6. The largest absolute Gasteiger partial charge is 0.376 e. The number of hydrogen-bond donors (Lipinski definition) is 2. The van der Waals surface area contributed by atoms with E-state index in [4.69, 9.17) is 0 Å². The number of carbonyl (C=O) groups excluding carboxylic acids is 2. The van der Waals surface area contributed by atoms with E-state index in [0.717, 1.165) is 30.6 Å². The van der Waals surface area contributed by atoms with E-state index in [1.807, 2.05) is 49.9 Å². The fourth-order valence-electron chi connectivity index (χ4n) is 3.60. The molecule has 0 aromatic carbocycles. The number of piperidine rings is 1. The Kier molecular flexibility index (Phi) is 6.51. The van der Waals surface area contributed by atoms with Crippen molar-refractivity contribution in [3.05, 3.63) is 41.5 Å². The van der Waals surface area contributed by atoms with Gasteiger partial charge in [0.05, 0.1) is 11.9 Å². The second-order valence-corrected chi connectivity index (χ2v) is 7.82. The number of hydrogen-bond acceptors (Lipinski definition) is 5. The normalized spacial score (nSPS) is 15.8. The summed E-state index contributed by atoms with van der Waals surface area (Å²) in [6.45, 7) is 5.40. The highest BCUT2D eigenvalue weighted by atomic mass is 16.2. The van der Waals surface area contributed by atoms with Crippen molar-refractivity contribution in [1.29, 1.82) is 0 Å². The minimum atomic E-state index is -0.162. The Morgan fingerprint density at radius 1 is 1.28 bits per heavy atom. The zero-order valence-electron chi connectivity index (χ0n) is 17.6. The van der Waals surface area contributed by atoms with Crippen LogP contribution in [-0.2, 0) is 6.42 Å². The van der Waals surface area contributed by atoms with Gasteiger partial charge in [-0.2, -0.15) is 5.10 Å². The molecule has 3 heterocycles. The van der Waals surface area contributed by atoms with Crippen LogP contribution in [0.5, 0.6) is 0 Å². The van der Waals surface area contributed by atoms with Crippen molar-refractivity contribution in [2.75, 3.05) is 32.1 Å². The third-order valence-electron chi connectivity index (χ3n) is 5.62.